The highest BCUT2D eigenvalue weighted by atomic mass is 15.0. The topological polar surface area (TPSA) is 45.6 Å². The molecule has 102 valence electrons. The summed E-state index contributed by atoms with van der Waals surface area (Å²) in [5.74, 6) is 0. The molecule has 0 fully saturated rings. The van der Waals surface area contributed by atoms with E-state index in [1.807, 2.05) is 0 Å². The molecule has 3 heterocycles. The van der Waals surface area contributed by atoms with Gasteiger partial charge < -0.3 is 14.9 Å². The summed E-state index contributed by atoms with van der Waals surface area (Å²) in [5.41, 5.74) is 5.00. The first-order valence-corrected chi connectivity index (χ1v) is 7.21. The van der Waals surface area contributed by atoms with E-state index in [9.17, 15) is 0 Å². The minimum absolute atomic E-state index is 0.203. The Labute approximate surface area is 117 Å². The second-order valence-electron chi connectivity index (χ2n) is 5.32. The minimum Gasteiger partial charge on any atom is -0.348 e. The second-order valence-corrected chi connectivity index (χ2v) is 5.32. The van der Waals surface area contributed by atoms with E-state index in [-0.39, 0.29) is 6.04 Å². The van der Waals surface area contributed by atoms with E-state index >= 15 is 0 Å². The maximum Gasteiger partial charge on any atom is 0.0926 e. The van der Waals surface area contributed by atoms with Gasteiger partial charge in [0.15, 0.2) is 0 Å². The maximum atomic E-state index is 4.50. The summed E-state index contributed by atoms with van der Waals surface area (Å²) in [6.07, 6.45) is 4.99. The Hall–Kier alpha value is -2.07. The van der Waals surface area contributed by atoms with Crippen molar-refractivity contribution in [3.05, 3.63) is 53.7 Å². The van der Waals surface area contributed by atoms with Gasteiger partial charge in [-0.05, 0) is 30.0 Å². The first kappa shape index (κ1) is 11.7. The van der Waals surface area contributed by atoms with Gasteiger partial charge in [0.2, 0.25) is 0 Å². The van der Waals surface area contributed by atoms with Crippen LogP contribution in [0.15, 0.2) is 36.8 Å². The zero-order valence-electron chi connectivity index (χ0n) is 11.6. The molecule has 1 aliphatic rings. The van der Waals surface area contributed by atoms with Gasteiger partial charge in [0.1, 0.15) is 0 Å². The van der Waals surface area contributed by atoms with Crippen LogP contribution in [0.1, 0.15) is 29.9 Å². The van der Waals surface area contributed by atoms with E-state index < -0.39 is 0 Å². The number of aromatic amines is 1. The molecule has 1 atom stereocenters. The van der Waals surface area contributed by atoms with E-state index in [0.29, 0.717) is 0 Å². The van der Waals surface area contributed by atoms with E-state index in [4.69, 9.17) is 0 Å². The van der Waals surface area contributed by atoms with Crippen LogP contribution in [0, 0.1) is 0 Å². The number of fused-ring (bicyclic) bond motifs is 2. The molecule has 0 spiro atoms. The number of rotatable bonds is 2. The molecule has 4 heteroatoms. The highest BCUT2D eigenvalue weighted by molar-refractivity contribution is 5.81. The van der Waals surface area contributed by atoms with Gasteiger partial charge in [0.25, 0.3) is 0 Å². The Balaban J connectivity index is 1.83. The molecule has 1 aromatic carbocycles. The third kappa shape index (κ3) is 1.68. The monoisotopic (exact) mass is 266 g/mol. The largest absolute Gasteiger partial charge is 0.348 e. The minimum atomic E-state index is 0.203. The molecule has 0 unspecified atom stereocenters. The Morgan fingerprint density at radius 1 is 1.35 bits per heavy atom. The summed E-state index contributed by atoms with van der Waals surface area (Å²) in [6, 6.07) is 9.09. The van der Waals surface area contributed by atoms with Crippen molar-refractivity contribution in [1.29, 1.82) is 0 Å². The van der Waals surface area contributed by atoms with Crippen LogP contribution in [0.4, 0.5) is 0 Å². The third-order valence-corrected chi connectivity index (χ3v) is 4.22. The van der Waals surface area contributed by atoms with Crippen molar-refractivity contribution in [2.24, 2.45) is 0 Å². The van der Waals surface area contributed by atoms with Gasteiger partial charge in [0.05, 0.1) is 18.1 Å². The summed E-state index contributed by atoms with van der Waals surface area (Å²) in [4.78, 5) is 7.76. The van der Waals surface area contributed by atoms with E-state index in [1.54, 1.807) is 6.33 Å². The van der Waals surface area contributed by atoms with E-state index in [2.05, 4.69) is 57.2 Å². The van der Waals surface area contributed by atoms with E-state index in [1.165, 1.54) is 22.2 Å². The average Bonchev–Trinajstić information content (AvgIpc) is 3.12. The number of nitrogens with zero attached hydrogens (tertiary/aromatic N) is 2. The first-order chi connectivity index (χ1) is 9.86. The normalized spacial score (nSPS) is 18.4. The van der Waals surface area contributed by atoms with Crippen molar-refractivity contribution in [2.45, 2.75) is 25.9 Å². The van der Waals surface area contributed by atoms with Gasteiger partial charge in [-0.25, -0.2) is 4.98 Å². The summed E-state index contributed by atoms with van der Waals surface area (Å²) >= 11 is 0. The molecule has 2 aromatic heterocycles. The van der Waals surface area contributed by atoms with Gasteiger partial charge >= 0.3 is 0 Å². The fourth-order valence-corrected chi connectivity index (χ4v) is 3.15. The summed E-state index contributed by atoms with van der Waals surface area (Å²) in [5, 5.41) is 4.88. The van der Waals surface area contributed by atoms with Crippen LogP contribution in [0.3, 0.4) is 0 Å². The molecule has 2 N–H and O–H groups in total. The summed E-state index contributed by atoms with van der Waals surface area (Å²) in [6.45, 7) is 4.17. The highest BCUT2D eigenvalue weighted by Crippen LogP contribution is 2.28. The van der Waals surface area contributed by atoms with Gasteiger partial charge in [-0.15, -0.1) is 0 Å². The van der Waals surface area contributed by atoms with Crippen LogP contribution in [0.5, 0.6) is 0 Å². The molecule has 0 saturated heterocycles. The fraction of sp³-hybridized carbons (Fsp3) is 0.312. The molecular formula is C16H18N4. The first-order valence-electron chi connectivity index (χ1n) is 7.21. The molecule has 3 aromatic rings. The quantitative estimate of drug-likeness (QED) is 0.749. The predicted molar refractivity (Wildman–Crippen MR) is 79.7 cm³/mol. The van der Waals surface area contributed by atoms with Gasteiger partial charge in [-0.2, -0.15) is 0 Å². The molecule has 0 bridgehead atoms. The van der Waals surface area contributed by atoms with Crippen molar-refractivity contribution in [1.82, 2.24) is 19.9 Å². The van der Waals surface area contributed by atoms with Crippen LogP contribution >= 0.6 is 0 Å². The highest BCUT2D eigenvalue weighted by Gasteiger charge is 2.23. The van der Waals surface area contributed by atoms with Crippen LogP contribution in [0.25, 0.3) is 10.9 Å². The number of imidazole rings is 1. The summed E-state index contributed by atoms with van der Waals surface area (Å²) < 4.78 is 2.28. The molecule has 20 heavy (non-hydrogen) atoms. The van der Waals surface area contributed by atoms with Crippen molar-refractivity contribution in [2.75, 3.05) is 6.54 Å². The summed E-state index contributed by atoms with van der Waals surface area (Å²) in [7, 11) is 0. The molecule has 4 rings (SSSR count). The number of aromatic nitrogens is 3. The van der Waals surface area contributed by atoms with Crippen molar-refractivity contribution >= 4 is 10.9 Å². The lowest BCUT2D eigenvalue weighted by Crippen LogP contribution is -2.30. The molecule has 0 aliphatic carbocycles. The molecule has 4 nitrogen and oxygen atoms in total. The number of H-pyrrole nitrogens is 1. The lowest BCUT2D eigenvalue weighted by molar-refractivity contribution is 0.554. The molecular weight excluding hydrogens is 248 g/mol. The lowest BCUT2D eigenvalue weighted by atomic mass is 9.97. The van der Waals surface area contributed by atoms with Crippen molar-refractivity contribution in [3.63, 3.8) is 0 Å². The number of benzene rings is 1. The van der Waals surface area contributed by atoms with E-state index in [0.717, 1.165) is 25.2 Å². The van der Waals surface area contributed by atoms with Crippen molar-refractivity contribution < 1.29 is 0 Å². The van der Waals surface area contributed by atoms with Gasteiger partial charge in [-0.1, -0.05) is 12.1 Å². The standard InChI is InChI=1S/C16H18N4/c1-2-20-8-6-11-3-4-12(9-14(11)20)15-16-13(5-7-17-15)18-10-19-16/h3-4,6,8-10,15,17H,2,5,7H2,1H3,(H,18,19)/t15-/m0/s1. The Bertz CT molecular complexity index is 753. The zero-order valence-corrected chi connectivity index (χ0v) is 11.6. The SMILES string of the molecule is CCn1ccc2ccc([C@@H]3NCCc4[nH]cnc43)cc21. The van der Waals surface area contributed by atoms with Crippen LogP contribution in [0.2, 0.25) is 0 Å². The van der Waals surface area contributed by atoms with Crippen LogP contribution in [-0.2, 0) is 13.0 Å². The Morgan fingerprint density at radius 3 is 3.20 bits per heavy atom. The maximum absolute atomic E-state index is 4.50. The fourth-order valence-electron chi connectivity index (χ4n) is 3.15. The Kier molecular flexibility index (Phi) is 2.63. The van der Waals surface area contributed by atoms with Crippen molar-refractivity contribution in [3.8, 4) is 0 Å². The smallest absolute Gasteiger partial charge is 0.0926 e. The molecule has 0 saturated carbocycles. The van der Waals surface area contributed by atoms with Gasteiger partial charge in [0, 0.05) is 36.9 Å². The third-order valence-electron chi connectivity index (χ3n) is 4.22. The number of nitrogens with one attached hydrogen (secondary N) is 2. The second kappa shape index (κ2) is 4.49. The lowest BCUT2D eigenvalue weighted by Gasteiger charge is -2.23. The molecule has 0 radical (unpaired) electrons. The van der Waals surface area contributed by atoms with Crippen LogP contribution in [-0.4, -0.2) is 21.1 Å². The number of hydrogen-bond acceptors (Lipinski definition) is 2. The average molecular weight is 266 g/mol. The predicted octanol–water partition coefficient (Wildman–Crippen LogP) is 2.62. The van der Waals surface area contributed by atoms with Crippen LogP contribution < -0.4 is 5.32 Å². The Morgan fingerprint density at radius 2 is 2.30 bits per heavy atom. The molecule has 0 amide bonds. The molecule has 1 aliphatic heterocycles. The zero-order chi connectivity index (χ0) is 13.5. The van der Waals surface area contributed by atoms with Gasteiger partial charge in [-0.3, -0.25) is 0 Å². The number of aryl methyl sites for hydroxylation is 1. The number of hydrogen-bond donors (Lipinski definition) is 2.